The largest absolute Gasteiger partial charge is 0.462 e. The van der Waals surface area contributed by atoms with E-state index in [1.165, 1.54) is 199 Å². The Morgan fingerprint density at radius 2 is 0.550 bits per heavy atom. The SMILES string of the molecule is CCCCCCCCCCCCCCCCCCCCCC(=O)O[C@@H](COC(=O)CCCCCCCCCCCC)COC(=O)CCCCCCCCCCCCC(C)C. The Balaban J connectivity index is 4.25. The summed E-state index contributed by atoms with van der Waals surface area (Å²) in [5.74, 6) is -0.0259. The van der Waals surface area contributed by atoms with Crippen LogP contribution in [0.15, 0.2) is 0 Å². The van der Waals surface area contributed by atoms with Crippen LogP contribution in [-0.2, 0) is 28.6 Å². The van der Waals surface area contributed by atoms with Crippen molar-refractivity contribution in [3.8, 4) is 0 Å². The van der Waals surface area contributed by atoms with Crippen LogP contribution in [0.25, 0.3) is 0 Å². The van der Waals surface area contributed by atoms with E-state index in [0.29, 0.717) is 19.3 Å². The molecule has 0 fully saturated rings. The summed E-state index contributed by atoms with van der Waals surface area (Å²) in [4.78, 5) is 37.9. The first-order valence-corrected chi connectivity index (χ1v) is 26.9. The third-order valence-electron chi connectivity index (χ3n) is 12.3. The molecular formula is C54H104O6. The Labute approximate surface area is 374 Å². The second-order valence-electron chi connectivity index (χ2n) is 19.0. The number of hydrogen-bond acceptors (Lipinski definition) is 6. The highest BCUT2D eigenvalue weighted by Gasteiger charge is 2.19. The monoisotopic (exact) mass is 849 g/mol. The Morgan fingerprint density at radius 1 is 0.317 bits per heavy atom. The van der Waals surface area contributed by atoms with Crippen LogP contribution in [0.4, 0.5) is 0 Å². The van der Waals surface area contributed by atoms with Crippen LogP contribution in [0.3, 0.4) is 0 Å². The molecule has 6 nitrogen and oxygen atoms in total. The Kier molecular flexibility index (Phi) is 47.2. The van der Waals surface area contributed by atoms with Gasteiger partial charge in [0.05, 0.1) is 0 Å². The number of rotatable bonds is 49. The van der Waals surface area contributed by atoms with Gasteiger partial charge in [-0.05, 0) is 25.2 Å². The van der Waals surface area contributed by atoms with Crippen LogP contribution in [0.5, 0.6) is 0 Å². The van der Waals surface area contributed by atoms with E-state index in [0.717, 1.165) is 63.7 Å². The van der Waals surface area contributed by atoms with Gasteiger partial charge in [-0.2, -0.15) is 0 Å². The van der Waals surface area contributed by atoms with Crippen molar-refractivity contribution >= 4 is 17.9 Å². The fourth-order valence-corrected chi connectivity index (χ4v) is 8.22. The van der Waals surface area contributed by atoms with Crippen molar-refractivity contribution in [3.05, 3.63) is 0 Å². The maximum absolute atomic E-state index is 12.8. The summed E-state index contributed by atoms with van der Waals surface area (Å²) in [7, 11) is 0. The lowest BCUT2D eigenvalue weighted by Gasteiger charge is -2.18. The molecule has 0 N–H and O–H groups in total. The zero-order valence-electron chi connectivity index (χ0n) is 40.9. The third kappa shape index (κ3) is 47.5. The van der Waals surface area contributed by atoms with E-state index in [-0.39, 0.29) is 31.1 Å². The molecule has 0 unspecified atom stereocenters. The first kappa shape index (κ1) is 58.4. The standard InChI is InChI=1S/C54H104O6/c1-5-7-9-11-13-15-17-18-19-20-21-22-23-24-25-31-35-39-43-47-54(57)60-51(48-58-52(55)45-41-37-33-29-16-14-12-10-8-6-2)49-59-53(56)46-42-38-34-30-27-26-28-32-36-40-44-50(3)4/h50-51H,5-49H2,1-4H3/t51-/m0/s1. The predicted molar refractivity (Wildman–Crippen MR) is 257 cm³/mol. The molecule has 0 saturated heterocycles. The molecule has 0 heterocycles. The van der Waals surface area contributed by atoms with Gasteiger partial charge in [-0.1, -0.05) is 265 Å². The minimum Gasteiger partial charge on any atom is -0.462 e. The minimum atomic E-state index is -0.760. The molecule has 0 aliphatic carbocycles. The first-order valence-electron chi connectivity index (χ1n) is 26.9. The van der Waals surface area contributed by atoms with Crippen LogP contribution in [0.1, 0.15) is 304 Å². The average Bonchev–Trinajstić information content (AvgIpc) is 3.23. The number of unbranched alkanes of at least 4 members (excludes halogenated alkanes) is 36. The molecule has 0 saturated carbocycles. The van der Waals surface area contributed by atoms with Gasteiger partial charge in [0, 0.05) is 19.3 Å². The summed E-state index contributed by atoms with van der Waals surface area (Å²) >= 11 is 0. The fourth-order valence-electron chi connectivity index (χ4n) is 8.22. The highest BCUT2D eigenvalue weighted by Crippen LogP contribution is 2.17. The van der Waals surface area contributed by atoms with Crippen LogP contribution >= 0.6 is 0 Å². The van der Waals surface area contributed by atoms with Crippen molar-refractivity contribution in [1.82, 2.24) is 0 Å². The Bertz CT molecular complexity index is 903. The first-order chi connectivity index (χ1) is 29.4. The maximum Gasteiger partial charge on any atom is 0.306 e. The summed E-state index contributed by atoms with van der Waals surface area (Å²) < 4.78 is 16.8. The van der Waals surface area contributed by atoms with Crippen molar-refractivity contribution in [3.63, 3.8) is 0 Å². The highest BCUT2D eigenvalue weighted by molar-refractivity contribution is 5.71. The number of carbonyl (C=O) groups is 3. The summed E-state index contributed by atoms with van der Waals surface area (Å²) in [6.45, 7) is 9.01. The zero-order valence-corrected chi connectivity index (χ0v) is 40.9. The third-order valence-corrected chi connectivity index (χ3v) is 12.3. The van der Waals surface area contributed by atoms with Gasteiger partial charge in [-0.3, -0.25) is 14.4 Å². The minimum absolute atomic E-state index is 0.0630. The number of hydrogen-bond donors (Lipinski definition) is 0. The van der Waals surface area contributed by atoms with Crippen LogP contribution in [0.2, 0.25) is 0 Å². The van der Waals surface area contributed by atoms with E-state index in [1.54, 1.807) is 0 Å². The van der Waals surface area contributed by atoms with Gasteiger partial charge in [-0.25, -0.2) is 0 Å². The van der Waals surface area contributed by atoms with Gasteiger partial charge < -0.3 is 14.2 Å². The second-order valence-corrected chi connectivity index (χ2v) is 19.0. The van der Waals surface area contributed by atoms with E-state index < -0.39 is 6.10 Å². The van der Waals surface area contributed by atoms with Crippen molar-refractivity contribution in [2.75, 3.05) is 13.2 Å². The van der Waals surface area contributed by atoms with Gasteiger partial charge in [0.2, 0.25) is 0 Å². The summed E-state index contributed by atoms with van der Waals surface area (Å²) in [6.07, 6.45) is 50.9. The van der Waals surface area contributed by atoms with E-state index in [4.69, 9.17) is 14.2 Å². The molecular weight excluding hydrogens is 745 g/mol. The van der Waals surface area contributed by atoms with Gasteiger partial charge in [0.15, 0.2) is 6.10 Å². The molecule has 0 amide bonds. The van der Waals surface area contributed by atoms with Gasteiger partial charge in [0.25, 0.3) is 0 Å². The second kappa shape index (κ2) is 48.4. The molecule has 0 bridgehead atoms. The van der Waals surface area contributed by atoms with E-state index in [2.05, 4.69) is 27.7 Å². The number of ether oxygens (including phenoxy) is 3. The fraction of sp³-hybridized carbons (Fsp3) is 0.944. The van der Waals surface area contributed by atoms with Gasteiger partial charge >= 0.3 is 17.9 Å². The lowest BCUT2D eigenvalue weighted by molar-refractivity contribution is -0.167. The molecule has 0 aromatic heterocycles. The van der Waals surface area contributed by atoms with Crippen molar-refractivity contribution < 1.29 is 28.6 Å². The number of esters is 3. The van der Waals surface area contributed by atoms with Crippen molar-refractivity contribution in [2.24, 2.45) is 5.92 Å². The highest BCUT2D eigenvalue weighted by atomic mass is 16.6. The molecule has 60 heavy (non-hydrogen) atoms. The van der Waals surface area contributed by atoms with Crippen LogP contribution in [0, 0.1) is 5.92 Å². The van der Waals surface area contributed by atoms with Crippen molar-refractivity contribution in [1.29, 1.82) is 0 Å². The lowest BCUT2D eigenvalue weighted by Crippen LogP contribution is -2.30. The normalized spacial score (nSPS) is 11.9. The predicted octanol–water partition coefficient (Wildman–Crippen LogP) is 17.5. The van der Waals surface area contributed by atoms with E-state index in [1.807, 2.05) is 0 Å². The molecule has 0 aliphatic heterocycles. The van der Waals surface area contributed by atoms with E-state index in [9.17, 15) is 14.4 Å². The van der Waals surface area contributed by atoms with Gasteiger partial charge in [0.1, 0.15) is 13.2 Å². The molecule has 0 radical (unpaired) electrons. The summed E-state index contributed by atoms with van der Waals surface area (Å²) in [6, 6.07) is 0. The summed E-state index contributed by atoms with van der Waals surface area (Å²) in [5, 5.41) is 0. The number of carbonyl (C=O) groups excluding carboxylic acids is 3. The molecule has 0 rings (SSSR count). The lowest BCUT2D eigenvalue weighted by atomic mass is 10.0. The maximum atomic E-state index is 12.8. The van der Waals surface area contributed by atoms with E-state index >= 15 is 0 Å². The molecule has 356 valence electrons. The van der Waals surface area contributed by atoms with Crippen molar-refractivity contribution in [2.45, 2.75) is 310 Å². The van der Waals surface area contributed by atoms with Gasteiger partial charge in [-0.15, -0.1) is 0 Å². The smallest absolute Gasteiger partial charge is 0.306 e. The molecule has 6 heteroatoms. The topological polar surface area (TPSA) is 78.9 Å². The summed E-state index contributed by atoms with van der Waals surface area (Å²) in [5.41, 5.74) is 0. The van der Waals surface area contributed by atoms with Crippen LogP contribution < -0.4 is 0 Å². The molecule has 1 atom stereocenters. The zero-order chi connectivity index (χ0) is 43.8. The average molecular weight is 849 g/mol. The quantitative estimate of drug-likeness (QED) is 0.0345. The molecule has 0 aliphatic rings. The molecule has 0 aromatic rings. The Hall–Kier alpha value is -1.59. The molecule has 0 aromatic carbocycles. The van der Waals surface area contributed by atoms with Crippen LogP contribution in [-0.4, -0.2) is 37.2 Å². The Morgan fingerprint density at radius 3 is 0.817 bits per heavy atom. The molecule has 0 spiro atoms.